The van der Waals surface area contributed by atoms with Gasteiger partial charge in [-0.05, 0) is 90.6 Å². The van der Waals surface area contributed by atoms with Crippen LogP contribution in [0.1, 0.15) is 125 Å². The van der Waals surface area contributed by atoms with Crippen molar-refractivity contribution >= 4 is 69.2 Å². The van der Waals surface area contributed by atoms with Gasteiger partial charge in [0.2, 0.25) is 0 Å². The molecule has 0 amide bonds. The number of carbonyl (C=O) groups excluding carboxylic acids is 5. The minimum absolute atomic E-state index is 0. The van der Waals surface area contributed by atoms with Crippen molar-refractivity contribution in [2.24, 2.45) is 0 Å². The van der Waals surface area contributed by atoms with Gasteiger partial charge in [0.05, 0.1) is 80.8 Å². The third-order valence-corrected chi connectivity index (χ3v) is 12.7. The zero-order valence-corrected chi connectivity index (χ0v) is 45.9. The van der Waals surface area contributed by atoms with Gasteiger partial charge in [0.15, 0.2) is 0 Å². The summed E-state index contributed by atoms with van der Waals surface area (Å²) < 4.78 is 139. The smallest absolute Gasteiger partial charge is 0.870 e. The number of halogens is 8. The van der Waals surface area contributed by atoms with Gasteiger partial charge in [-0.3, -0.25) is 0 Å². The van der Waals surface area contributed by atoms with E-state index in [1.165, 1.54) is 40.6 Å². The van der Waals surface area contributed by atoms with Gasteiger partial charge >= 0.3 is 71.3 Å². The molecule has 1 saturated heterocycles. The monoisotopic (exact) mass is 1200 g/mol. The minimum atomic E-state index is -6.22. The van der Waals surface area contributed by atoms with E-state index in [2.05, 4.69) is 52.8 Å². The number of ether oxygens (including phenoxy) is 5. The largest absolute Gasteiger partial charge is 1.00 e. The van der Waals surface area contributed by atoms with Crippen molar-refractivity contribution in [1.29, 1.82) is 0 Å². The van der Waals surface area contributed by atoms with E-state index in [1.54, 1.807) is 78.8 Å². The van der Waals surface area contributed by atoms with E-state index in [4.69, 9.17) is 9.31 Å². The van der Waals surface area contributed by atoms with Crippen LogP contribution in [0.5, 0.6) is 0 Å². The molecule has 3 aliphatic rings. The molecule has 15 nitrogen and oxygen atoms in total. The van der Waals surface area contributed by atoms with Crippen LogP contribution in [0.4, 0.5) is 30.2 Å². The molecule has 432 valence electrons. The van der Waals surface area contributed by atoms with E-state index in [-0.39, 0.29) is 93.4 Å². The van der Waals surface area contributed by atoms with Crippen molar-refractivity contribution in [1.82, 2.24) is 0 Å². The van der Waals surface area contributed by atoms with Crippen molar-refractivity contribution in [2.45, 2.75) is 95.5 Å². The van der Waals surface area contributed by atoms with Gasteiger partial charge in [0.25, 0.3) is 11.8 Å². The number of methoxy groups -OCH3 is 5. The van der Waals surface area contributed by atoms with Gasteiger partial charge in [0, 0.05) is 17.3 Å². The fourth-order valence-corrected chi connectivity index (χ4v) is 6.93. The maximum atomic E-state index is 12.9. The predicted molar refractivity (Wildman–Crippen MR) is 282 cm³/mol. The second-order valence-corrected chi connectivity index (χ2v) is 19.0. The molecule has 2 saturated carbocycles. The normalized spacial score (nSPS) is 16.6. The van der Waals surface area contributed by atoms with Crippen molar-refractivity contribution in [3.05, 3.63) is 160 Å². The Balaban J connectivity index is -0.000000874. The molecule has 4 aromatic carbocycles. The van der Waals surface area contributed by atoms with Gasteiger partial charge in [-0.1, -0.05) is 104 Å². The third kappa shape index (κ3) is 21.6. The van der Waals surface area contributed by atoms with Gasteiger partial charge < -0.3 is 38.5 Å². The average molecular weight is 1200 g/mol. The summed E-state index contributed by atoms with van der Waals surface area (Å²) in [5.41, 5.74) is 2.68. The fraction of sp³-hybridized carbons (Fsp3) is 0.377. The molecular formula is C53H64BBrF7LiO15S. The van der Waals surface area contributed by atoms with Crippen LogP contribution in [-0.4, -0.2) is 115 Å². The van der Waals surface area contributed by atoms with E-state index in [0.717, 1.165) is 10.0 Å². The van der Waals surface area contributed by atoms with Gasteiger partial charge in [0.1, 0.15) is 0 Å². The predicted octanol–water partition coefficient (Wildman–Crippen LogP) is 9.50. The Morgan fingerprint density at radius 3 is 1.19 bits per heavy atom. The first-order valence-corrected chi connectivity index (χ1v) is 24.1. The van der Waals surface area contributed by atoms with Crippen molar-refractivity contribution in [3.63, 3.8) is 0 Å². The maximum Gasteiger partial charge on any atom is 1.00 e. The van der Waals surface area contributed by atoms with Crippen molar-refractivity contribution < 1.29 is 120 Å². The second kappa shape index (κ2) is 33.1. The standard InChI is InChI=1S/2C11H10F2O2.C10H10O2.C8H15BO2.C8H7BrO2.C3H3F3O4S.2CH4.Li.H2O/c2*1-15-10(14)8-5-3-2-4-7(8)9-6-11(9,12)13;1-3-8-6-4-5-7-9(8)10(11)12-2;1-6-9-10-7(2,3)8(4,5)11-9;1-11-8(10)6-4-2-3-5-7(6)9;1-10-2(7)3(4,5)11(6,8)9;;;;/h2*2-5,9H,6H2,1H3;3-7H,1H2,2H3;6H,1H2,2-5H3;2-5H,1H3;1H3;2*1H4;;1H2/q;;;;;;;;+1;/p-1. The molecule has 3 fully saturated rings. The Labute approximate surface area is 477 Å². The Kier molecular flexibility index (Phi) is 32.4. The summed E-state index contributed by atoms with van der Waals surface area (Å²) in [7, 11) is -0.750. The molecule has 7 rings (SSSR count). The molecule has 26 heteroatoms. The van der Waals surface area contributed by atoms with Crippen LogP contribution in [0, 0.1) is 0 Å². The number of hydrogen-bond donors (Lipinski definition) is 0. The molecule has 4 aromatic rings. The summed E-state index contributed by atoms with van der Waals surface area (Å²) in [6.45, 7) is 15.3. The summed E-state index contributed by atoms with van der Waals surface area (Å²) in [5, 5.41) is -5.11. The van der Waals surface area contributed by atoms with Crippen LogP contribution in [0.15, 0.2) is 121 Å². The zero-order valence-electron chi connectivity index (χ0n) is 43.5. The Bertz CT molecular complexity index is 2690. The Morgan fingerprint density at radius 1 is 0.608 bits per heavy atom. The molecule has 79 heavy (non-hydrogen) atoms. The number of carbonyl (C=O) groups is 5. The van der Waals surface area contributed by atoms with E-state index in [0.29, 0.717) is 29.4 Å². The average Bonchev–Trinajstić information content (AvgIpc) is 4.22. The third-order valence-electron chi connectivity index (χ3n) is 11.2. The van der Waals surface area contributed by atoms with Crippen molar-refractivity contribution in [3.8, 4) is 0 Å². The van der Waals surface area contributed by atoms with Crippen LogP contribution in [0.2, 0.25) is 0 Å². The van der Waals surface area contributed by atoms with E-state index < -0.39 is 57.1 Å². The van der Waals surface area contributed by atoms with E-state index in [1.807, 2.05) is 45.9 Å². The molecule has 0 aromatic heterocycles. The molecule has 2 aliphatic carbocycles. The summed E-state index contributed by atoms with van der Waals surface area (Å²) >= 11 is 3.24. The molecule has 2 unspecified atom stereocenters. The molecule has 2 atom stereocenters. The Hall–Kier alpha value is -5.81. The van der Waals surface area contributed by atoms with E-state index >= 15 is 0 Å². The fourth-order valence-electron chi connectivity index (χ4n) is 6.21. The molecule has 0 spiro atoms. The summed E-state index contributed by atoms with van der Waals surface area (Å²) in [5.74, 6) is -9.52. The number of hydrogen-bond acceptors (Lipinski definition) is 15. The quantitative estimate of drug-likeness (QED) is 0.0475. The molecule has 1 heterocycles. The molecule has 1 N–H and O–H groups in total. The first-order valence-electron chi connectivity index (χ1n) is 21.9. The topological polar surface area (TPSA) is 214 Å². The molecule has 0 radical (unpaired) electrons. The van der Waals surface area contributed by atoms with Crippen LogP contribution in [-0.2, 0) is 48.0 Å². The number of esters is 5. The number of rotatable bonds is 10. The van der Waals surface area contributed by atoms with Crippen LogP contribution >= 0.6 is 15.9 Å². The van der Waals surface area contributed by atoms with Crippen LogP contribution < -0.4 is 18.9 Å². The Morgan fingerprint density at radius 2 is 0.911 bits per heavy atom. The second-order valence-electron chi connectivity index (χ2n) is 16.8. The zero-order chi connectivity index (χ0) is 57.3. The first-order chi connectivity index (χ1) is 34.8. The first kappa shape index (κ1) is 77.4. The number of alkyl halides is 6. The molecule has 1 aliphatic heterocycles. The minimum Gasteiger partial charge on any atom is -0.870 e. The summed E-state index contributed by atoms with van der Waals surface area (Å²) in [6.07, 6.45) is 1.27. The summed E-state index contributed by atoms with van der Waals surface area (Å²) in [6, 6.07) is 27.0. The van der Waals surface area contributed by atoms with Crippen LogP contribution in [0.3, 0.4) is 0 Å². The van der Waals surface area contributed by atoms with Gasteiger partial charge in [-0.15, -0.1) is 6.58 Å². The van der Waals surface area contributed by atoms with Gasteiger partial charge in [-0.2, -0.15) is 17.2 Å². The number of benzene rings is 4. The SMILES string of the molecule is C.C.C=CB1OC(C)(C)C(C)(C)O1.C=Cc1ccccc1C(=O)OC.COC(=O)C(F)(F)S(=O)(=O)F.COC(=O)c1ccccc1Br.COC(=O)c1ccccc1C1CC1(F)F.COC(=O)c1ccccc1C1CC1(F)F.[Li+].[OH-]. The summed E-state index contributed by atoms with van der Waals surface area (Å²) in [4.78, 5) is 54.6. The molecule has 0 bridgehead atoms. The maximum absolute atomic E-state index is 12.9. The van der Waals surface area contributed by atoms with Crippen LogP contribution in [0.25, 0.3) is 6.08 Å². The van der Waals surface area contributed by atoms with Crippen molar-refractivity contribution in [2.75, 3.05) is 35.5 Å². The van der Waals surface area contributed by atoms with E-state index in [9.17, 15) is 62.6 Å². The van der Waals surface area contributed by atoms with Gasteiger partial charge in [-0.25, -0.2) is 41.5 Å². The molecular weight excluding hydrogens is 1140 g/mol.